The van der Waals surface area contributed by atoms with Crippen molar-refractivity contribution < 1.29 is 44.1 Å². The van der Waals surface area contributed by atoms with Crippen LogP contribution in [0, 0.1) is 0 Å². The van der Waals surface area contributed by atoms with Gasteiger partial charge in [0.05, 0.1) is 19.0 Å². The SMILES string of the molecule is C[C@@H](NC(=O)[C@@H](N)Cc1ccc(O)cc1)C(=O)NCC(=O)N[C@@H](Cc1ccccc1)C(=O)N[C@@H](CC(=O)O)C(=O)O. The van der Waals surface area contributed by atoms with Crippen molar-refractivity contribution in [2.45, 2.75) is 50.4 Å². The number of phenolic OH excluding ortho intramolecular Hbond substituents is 1. The minimum Gasteiger partial charge on any atom is -0.508 e. The Labute approximate surface area is 235 Å². The lowest BCUT2D eigenvalue weighted by atomic mass is 10.0. The van der Waals surface area contributed by atoms with E-state index in [0.29, 0.717) is 11.1 Å². The Bertz CT molecular complexity index is 1240. The minimum atomic E-state index is -1.72. The first kappa shape index (κ1) is 32.2. The summed E-state index contributed by atoms with van der Waals surface area (Å²) < 4.78 is 0. The van der Waals surface area contributed by atoms with Gasteiger partial charge in [-0.05, 0) is 36.6 Å². The molecule has 0 aromatic heterocycles. The maximum absolute atomic E-state index is 12.8. The summed E-state index contributed by atoms with van der Waals surface area (Å²) >= 11 is 0. The second-order valence-electron chi connectivity index (χ2n) is 9.23. The van der Waals surface area contributed by atoms with Crippen LogP contribution >= 0.6 is 0 Å². The fourth-order valence-corrected chi connectivity index (χ4v) is 3.64. The molecule has 0 bridgehead atoms. The van der Waals surface area contributed by atoms with E-state index < -0.39 is 72.7 Å². The van der Waals surface area contributed by atoms with Gasteiger partial charge in [0.1, 0.15) is 23.9 Å². The van der Waals surface area contributed by atoms with Gasteiger partial charge in [0, 0.05) is 6.42 Å². The molecule has 0 aliphatic rings. The van der Waals surface area contributed by atoms with Gasteiger partial charge in [0.2, 0.25) is 23.6 Å². The summed E-state index contributed by atoms with van der Waals surface area (Å²) in [7, 11) is 0. The lowest BCUT2D eigenvalue weighted by Crippen LogP contribution is -2.55. The average molecular weight is 572 g/mol. The number of carboxylic acids is 2. The highest BCUT2D eigenvalue weighted by Gasteiger charge is 2.29. The molecule has 9 N–H and O–H groups in total. The van der Waals surface area contributed by atoms with Crippen LogP contribution in [0.25, 0.3) is 0 Å². The van der Waals surface area contributed by atoms with Crippen LogP contribution in [0.4, 0.5) is 0 Å². The molecule has 0 saturated heterocycles. The van der Waals surface area contributed by atoms with Crippen molar-refractivity contribution in [2.75, 3.05) is 6.54 Å². The van der Waals surface area contributed by atoms with E-state index in [1.807, 2.05) is 0 Å². The molecule has 41 heavy (non-hydrogen) atoms. The predicted octanol–water partition coefficient (Wildman–Crippen LogP) is -1.35. The normalized spacial score (nSPS) is 13.5. The van der Waals surface area contributed by atoms with Crippen molar-refractivity contribution in [3.63, 3.8) is 0 Å². The van der Waals surface area contributed by atoms with E-state index in [0.717, 1.165) is 0 Å². The predicted molar refractivity (Wildman–Crippen MR) is 144 cm³/mol. The highest BCUT2D eigenvalue weighted by molar-refractivity contribution is 5.94. The Balaban J connectivity index is 1.94. The monoisotopic (exact) mass is 571 g/mol. The number of rotatable bonds is 15. The van der Waals surface area contributed by atoms with Gasteiger partial charge in [-0.15, -0.1) is 0 Å². The molecule has 0 radical (unpaired) electrons. The van der Waals surface area contributed by atoms with E-state index in [1.54, 1.807) is 42.5 Å². The van der Waals surface area contributed by atoms with Crippen molar-refractivity contribution in [1.82, 2.24) is 21.3 Å². The van der Waals surface area contributed by atoms with Gasteiger partial charge in [0.15, 0.2) is 0 Å². The number of nitrogens with one attached hydrogen (secondary N) is 4. The topological polar surface area (TPSA) is 237 Å². The van der Waals surface area contributed by atoms with Crippen molar-refractivity contribution in [3.05, 3.63) is 65.7 Å². The smallest absolute Gasteiger partial charge is 0.326 e. The fraction of sp³-hybridized carbons (Fsp3) is 0.333. The van der Waals surface area contributed by atoms with Crippen LogP contribution in [-0.4, -0.2) is 81.6 Å². The van der Waals surface area contributed by atoms with Gasteiger partial charge in [0.25, 0.3) is 0 Å². The summed E-state index contributed by atoms with van der Waals surface area (Å²) in [6.07, 6.45) is -0.759. The molecule has 0 aliphatic carbocycles. The summed E-state index contributed by atoms with van der Waals surface area (Å²) in [4.78, 5) is 72.6. The Morgan fingerprint density at radius 1 is 0.756 bits per heavy atom. The van der Waals surface area contributed by atoms with Crippen LogP contribution in [-0.2, 0) is 41.6 Å². The van der Waals surface area contributed by atoms with Crippen LogP contribution in [0.15, 0.2) is 54.6 Å². The Hall–Kier alpha value is -4.98. The van der Waals surface area contributed by atoms with E-state index in [4.69, 9.17) is 10.8 Å². The van der Waals surface area contributed by atoms with Crippen molar-refractivity contribution in [3.8, 4) is 5.75 Å². The molecule has 4 atom stereocenters. The number of nitrogens with two attached hydrogens (primary N) is 1. The maximum atomic E-state index is 12.8. The zero-order valence-electron chi connectivity index (χ0n) is 22.2. The third-order valence-electron chi connectivity index (χ3n) is 5.83. The molecular formula is C27H33N5O9. The van der Waals surface area contributed by atoms with Crippen LogP contribution in [0.1, 0.15) is 24.5 Å². The molecule has 2 aromatic carbocycles. The molecule has 0 unspecified atom stereocenters. The van der Waals surface area contributed by atoms with E-state index >= 15 is 0 Å². The number of amides is 4. The average Bonchev–Trinajstić information content (AvgIpc) is 2.92. The summed E-state index contributed by atoms with van der Waals surface area (Å²) in [6, 6.07) is 9.56. The van der Waals surface area contributed by atoms with Gasteiger partial charge in [-0.2, -0.15) is 0 Å². The van der Waals surface area contributed by atoms with E-state index in [9.17, 15) is 39.0 Å². The molecule has 0 spiro atoms. The second-order valence-corrected chi connectivity index (χ2v) is 9.23. The minimum absolute atomic E-state index is 0.0445. The number of hydrogen-bond donors (Lipinski definition) is 8. The summed E-state index contributed by atoms with van der Waals surface area (Å²) in [5, 5.41) is 36.8. The Kier molecular flexibility index (Phi) is 12.2. The first-order valence-electron chi connectivity index (χ1n) is 12.6. The molecule has 4 amide bonds. The third kappa shape index (κ3) is 11.3. The maximum Gasteiger partial charge on any atom is 0.326 e. The van der Waals surface area contributed by atoms with Crippen LogP contribution in [0.5, 0.6) is 5.75 Å². The first-order chi connectivity index (χ1) is 19.3. The standard InChI is InChI=1S/C27H33N5O9/c1-15(30-25(38)19(28)11-17-7-9-18(33)10-8-17)24(37)29-14-22(34)31-20(12-16-5-3-2-4-6-16)26(39)32-21(27(40)41)13-23(35)36/h2-10,15,19-21,33H,11-14,28H2,1H3,(H,29,37)(H,30,38)(H,31,34)(H,32,39)(H,35,36)(H,40,41)/t15-,19+,20+,21+/m1/s1. The highest BCUT2D eigenvalue weighted by atomic mass is 16.4. The number of carbonyl (C=O) groups excluding carboxylic acids is 4. The molecule has 2 aromatic rings. The van der Waals surface area contributed by atoms with Gasteiger partial charge < -0.3 is 42.3 Å². The molecule has 14 nitrogen and oxygen atoms in total. The molecule has 2 rings (SSSR count). The number of aliphatic carboxylic acids is 2. The van der Waals surface area contributed by atoms with E-state index in [-0.39, 0.29) is 18.6 Å². The zero-order chi connectivity index (χ0) is 30.5. The Morgan fingerprint density at radius 2 is 1.37 bits per heavy atom. The second kappa shape index (κ2) is 15.6. The number of carbonyl (C=O) groups is 6. The number of phenols is 1. The van der Waals surface area contributed by atoms with Gasteiger partial charge in [-0.3, -0.25) is 24.0 Å². The molecule has 14 heteroatoms. The third-order valence-corrected chi connectivity index (χ3v) is 5.83. The highest BCUT2D eigenvalue weighted by Crippen LogP contribution is 2.11. The number of aromatic hydroxyl groups is 1. The van der Waals surface area contributed by atoms with Gasteiger partial charge in [-0.25, -0.2) is 4.79 Å². The number of hydrogen-bond acceptors (Lipinski definition) is 8. The quantitative estimate of drug-likeness (QED) is 0.125. The molecule has 0 saturated carbocycles. The van der Waals surface area contributed by atoms with E-state index in [2.05, 4.69) is 21.3 Å². The summed E-state index contributed by atoms with van der Waals surface area (Å²) in [5.74, 6) is -5.97. The molecule has 0 aliphatic heterocycles. The van der Waals surface area contributed by atoms with Gasteiger partial charge >= 0.3 is 11.9 Å². The lowest BCUT2D eigenvalue weighted by molar-refractivity contribution is -0.147. The van der Waals surface area contributed by atoms with Crippen LogP contribution < -0.4 is 27.0 Å². The van der Waals surface area contributed by atoms with Crippen molar-refractivity contribution in [1.29, 1.82) is 0 Å². The summed E-state index contributed by atoms with van der Waals surface area (Å²) in [5.41, 5.74) is 7.23. The molecule has 0 heterocycles. The number of carboxylic acid groups (broad SMARTS) is 2. The lowest BCUT2D eigenvalue weighted by Gasteiger charge is -2.21. The fourth-order valence-electron chi connectivity index (χ4n) is 3.64. The zero-order valence-corrected chi connectivity index (χ0v) is 22.2. The number of benzene rings is 2. The summed E-state index contributed by atoms with van der Waals surface area (Å²) in [6.45, 7) is 0.813. The molecule has 220 valence electrons. The largest absolute Gasteiger partial charge is 0.508 e. The molecular weight excluding hydrogens is 538 g/mol. The first-order valence-corrected chi connectivity index (χ1v) is 12.6. The van der Waals surface area contributed by atoms with Gasteiger partial charge in [-0.1, -0.05) is 42.5 Å². The molecule has 0 fully saturated rings. The van der Waals surface area contributed by atoms with Crippen molar-refractivity contribution >= 4 is 35.6 Å². The van der Waals surface area contributed by atoms with Crippen molar-refractivity contribution in [2.24, 2.45) is 5.73 Å². The van der Waals surface area contributed by atoms with Crippen LogP contribution in [0.3, 0.4) is 0 Å². The Morgan fingerprint density at radius 3 is 1.95 bits per heavy atom. The van der Waals surface area contributed by atoms with Crippen LogP contribution in [0.2, 0.25) is 0 Å². The van der Waals surface area contributed by atoms with E-state index in [1.165, 1.54) is 19.1 Å².